The molecule has 0 aliphatic heterocycles. The molecular formula is C26H36N6O8. The third-order valence-electron chi connectivity index (χ3n) is 6.10. The number of carboxylic acids is 2. The Balaban J connectivity index is 2.31. The van der Waals surface area contributed by atoms with Gasteiger partial charge < -0.3 is 42.6 Å². The highest BCUT2D eigenvalue weighted by Crippen LogP contribution is 2.19. The van der Waals surface area contributed by atoms with Crippen LogP contribution in [-0.4, -0.2) is 74.9 Å². The Kier molecular flexibility index (Phi) is 11.6. The lowest BCUT2D eigenvalue weighted by atomic mass is 10.0. The highest BCUT2D eigenvalue weighted by molar-refractivity contribution is 5.96. The van der Waals surface area contributed by atoms with Crippen molar-refractivity contribution in [3.63, 3.8) is 0 Å². The number of rotatable bonds is 16. The van der Waals surface area contributed by atoms with Gasteiger partial charge in [-0.2, -0.15) is 0 Å². The van der Waals surface area contributed by atoms with E-state index in [0.29, 0.717) is 5.56 Å². The number of nitrogens with one attached hydrogen (secondary N) is 4. The number of carboxylic acid groups (broad SMARTS) is 2. The van der Waals surface area contributed by atoms with Gasteiger partial charge in [0.25, 0.3) is 0 Å². The van der Waals surface area contributed by atoms with Crippen LogP contribution in [0, 0.1) is 5.92 Å². The number of benzene rings is 1. The van der Waals surface area contributed by atoms with Crippen molar-refractivity contribution < 1.29 is 39.0 Å². The van der Waals surface area contributed by atoms with Gasteiger partial charge in [0.1, 0.15) is 18.1 Å². The lowest BCUT2D eigenvalue weighted by molar-refractivity contribution is -0.143. The summed E-state index contributed by atoms with van der Waals surface area (Å²) in [6.07, 6.45) is 0.507. The molecular weight excluding hydrogens is 524 g/mol. The van der Waals surface area contributed by atoms with Crippen LogP contribution in [0.15, 0.2) is 30.5 Å². The van der Waals surface area contributed by atoms with E-state index < -0.39 is 72.6 Å². The molecule has 1 aromatic carbocycles. The average Bonchev–Trinajstić information content (AvgIpc) is 3.28. The molecule has 2 aromatic rings. The normalized spacial score (nSPS) is 14.1. The summed E-state index contributed by atoms with van der Waals surface area (Å²) in [4.78, 5) is 76.3. The zero-order valence-electron chi connectivity index (χ0n) is 22.3. The average molecular weight is 561 g/mol. The van der Waals surface area contributed by atoms with Gasteiger partial charge in [0.2, 0.25) is 23.6 Å². The van der Waals surface area contributed by atoms with E-state index in [2.05, 4.69) is 20.9 Å². The Hall–Kier alpha value is -4.46. The second-order valence-corrected chi connectivity index (χ2v) is 9.92. The highest BCUT2D eigenvalue weighted by atomic mass is 16.4. The SMILES string of the molecule is CC(C)CC(NC(=O)C(Cc1c[nH]c2ccccc12)NC(=O)C(CC(N)=O)NC(=O)C(N)CCC(=O)O)C(=O)O. The number of para-hydroxylation sites is 1. The lowest BCUT2D eigenvalue weighted by Crippen LogP contribution is -2.58. The first kappa shape index (κ1) is 31.8. The highest BCUT2D eigenvalue weighted by Gasteiger charge is 2.32. The maximum absolute atomic E-state index is 13.3. The van der Waals surface area contributed by atoms with E-state index in [1.165, 1.54) is 0 Å². The third kappa shape index (κ3) is 9.69. The number of aliphatic carboxylic acids is 2. The van der Waals surface area contributed by atoms with Gasteiger partial charge in [0.15, 0.2) is 0 Å². The number of fused-ring (bicyclic) bond motifs is 1. The van der Waals surface area contributed by atoms with Crippen LogP contribution in [0.4, 0.5) is 0 Å². The first-order valence-electron chi connectivity index (χ1n) is 12.7. The topological polar surface area (TPSA) is 247 Å². The number of aromatic nitrogens is 1. The van der Waals surface area contributed by atoms with E-state index in [0.717, 1.165) is 10.9 Å². The Bertz CT molecular complexity index is 1240. The predicted molar refractivity (Wildman–Crippen MR) is 144 cm³/mol. The molecule has 1 aromatic heterocycles. The number of primary amides is 1. The van der Waals surface area contributed by atoms with E-state index in [4.69, 9.17) is 16.6 Å². The Morgan fingerprint density at radius 3 is 2.10 bits per heavy atom. The van der Waals surface area contributed by atoms with Crippen molar-refractivity contribution in [3.8, 4) is 0 Å². The summed E-state index contributed by atoms with van der Waals surface area (Å²) in [6, 6.07) is 1.92. The molecule has 4 amide bonds. The molecule has 14 heteroatoms. The van der Waals surface area contributed by atoms with Crippen LogP contribution >= 0.6 is 0 Å². The molecule has 0 bridgehead atoms. The first-order valence-corrected chi connectivity index (χ1v) is 12.7. The molecule has 0 aliphatic carbocycles. The second kappa shape index (κ2) is 14.6. The molecule has 14 nitrogen and oxygen atoms in total. The standard InChI is InChI=1S/C26H36N6O8/c1-13(2)9-20(26(39)40)32-24(37)18(10-14-12-29-17-6-4-3-5-15(14)17)31-25(38)19(11-21(28)33)30-23(36)16(27)7-8-22(34)35/h3-6,12-13,16,18-20,29H,7-11,27H2,1-2H3,(H2,28,33)(H,30,36)(H,31,38)(H,32,37)(H,34,35)(H,39,40). The quantitative estimate of drug-likeness (QED) is 0.130. The monoisotopic (exact) mass is 560 g/mol. The van der Waals surface area contributed by atoms with Crippen LogP contribution in [0.3, 0.4) is 0 Å². The molecule has 4 unspecified atom stereocenters. The minimum Gasteiger partial charge on any atom is -0.481 e. The summed E-state index contributed by atoms with van der Waals surface area (Å²) < 4.78 is 0. The number of hydrogen-bond acceptors (Lipinski definition) is 7. The molecule has 0 fully saturated rings. The van der Waals surface area contributed by atoms with Crippen molar-refractivity contribution in [1.82, 2.24) is 20.9 Å². The smallest absolute Gasteiger partial charge is 0.326 e. The number of hydrogen-bond donors (Lipinski definition) is 8. The van der Waals surface area contributed by atoms with Crippen LogP contribution in [-0.2, 0) is 35.2 Å². The van der Waals surface area contributed by atoms with Gasteiger partial charge in [-0.05, 0) is 30.4 Å². The van der Waals surface area contributed by atoms with Crippen LogP contribution in [0.2, 0.25) is 0 Å². The third-order valence-corrected chi connectivity index (χ3v) is 6.10. The van der Waals surface area contributed by atoms with Crippen molar-refractivity contribution in [2.75, 3.05) is 0 Å². The van der Waals surface area contributed by atoms with E-state index >= 15 is 0 Å². The van der Waals surface area contributed by atoms with E-state index in [-0.39, 0.29) is 25.2 Å². The lowest BCUT2D eigenvalue weighted by Gasteiger charge is -2.25. The number of aromatic amines is 1. The summed E-state index contributed by atoms with van der Waals surface area (Å²) in [7, 11) is 0. The van der Waals surface area contributed by atoms with Crippen molar-refractivity contribution in [1.29, 1.82) is 0 Å². The first-order chi connectivity index (χ1) is 18.8. The fourth-order valence-corrected chi connectivity index (χ4v) is 4.07. The Labute approximate surface area is 230 Å². The van der Waals surface area contributed by atoms with E-state index in [1.807, 2.05) is 18.2 Å². The van der Waals surface area contributed by atoms with Crippen LogP contribution < -0.4 is 27.4 Å². The van der Waals surface area contributed by atoms with Crippen molar-refractivity contribution in [3.05, 3.63) is 36.0 Å². The second-order valence-electron chi connectivity index (χ2n) is 9.92. The fraction of sp³-hybridized carbons (Fsp3) is 0.462. The molecule has 0 radical (unpaired) electrons. The molecule has 4 atom stereocenters. The molecule has 0 saturated heterocycles. The maximum Gasteiger partial charge on any atom is 0.326 e. The molecule has 1 heterocycles. The minimum absolute atomic E-state index is 0.0506. The molecule has 0 spiro atoms. The van der Waals surface area contributed by atoms with Crippen LogP contribution in [0.25, 0.3) is 10.9 Å². The Morgan fingerprint density at radius 2 is 1.50 bits per heavy atom. The van der Waals surface area contributed by atoms with Gasteiger partial charge in [-0.3, -0.25) is 24.0 Å². The van der Waals surface area contributed by atoms with Gasteiger partial charge in [-0.1, -0.05) is 32.0 Å². The van der Waals surface area contributed by atoms with E-state index in [9.17, 15) is 33.9 Å². The van der Waals surface area contributed by atoms with Gasteiger partial charge in [0, 0.05) is 29.9 Å². The number of amides is 4. The number of H-pyrrole nitrogens is 1. The van der Waals surface area contributed by atoms with Crippen LogP contribution in [0.1, 0.15) is 45.1 Å². The summed E-state index contributed by atoms with van der Waals surface area (Å²) in [5.74, 6) is -6.00. The zero-order valence-corrected chi connectivity index (χ0v) is 22.3. The summed E-state index contributed by atoms with van der Waals surface area (Å²) in [5, 5.41) is 26.4. The number of nitrogens with two attached hydrogens (primary N) is 2. The Morgan fingerprint density at radius 1 is 0.900 bits per heavy atom. The number of carbonyl (C=O) groups excluding carboxylic acids is 4. The van der Waals surface area contributed by atoms with Gasteiger partial charge >= 0.3 is 11.9 Å². The van der Waals surface area contributed by atoms with Crippen molar-refractivity contribution >= 4 is 46.5 Å². The van der Waals surface area contributed by atoms with Crippen LogP contribution in [0.5, 0.6) is 0 Å². The molecule has 40 heavy (non-hydrogen) atoms. The molecule has 0 aliphatic rings. The maximum atomic E-state index is 13.3. The van der Waals surface area contributed by atoms with Crippen molar-refractivity contribution in [2.45, 2.75) is 70.1 Å². The molecule has 0 saturated carbocycles. The zero-order chi connectivity index (χ0) is 30.0. The molecule has 218 valence electrons. The molecule has 2 rings (SSSR count). The summed E-state index contributed by atoms with van der Waals surface area (Å²) in [6.45, 7) is 3.59. The summed E-state index contributed by atoms with van der Waals surface area (Å²) in [5.41, 5.74) is 12.4. The van der Waals surface area contributed by atoms with Crippen molar-refractivity contribution in [2.24, 2.45) is 17.4 Å². The van der Waals surface area contributed by atoms with Gasteiger partial charge in [0.05, 0.1) is 12.5 Å². The summed E-state index contributed by atoms with van der Waals surface area (Å²) >= 11 is 0. The predicted octanol–water partition coefficient (Wildman–Crippen LogP) is -0.637. The van der Waals surface area contributed by atoms with E-state index in [1.54, 1.807) is 26.1 Å². The van der Waals surface area contributed by atoms with Gasteiger partial charge in [-0.25, -0.2) is 4.79 Å². The fourth-order valence-electron chi connectivity index (χ4n) is 4.07. The minimum atomic E-state index is -1.52. The molecule has 10 N–H and O–H groups in total. The largest absolute Gasteiger partial charge is 0.481 e. The number of carbonyl (C=O) groups is 6. The van der Waals surface area contributed by atoms with Gasteiger partial charge in [-0.15, -0.1) is 0 Å².